The van der Waals surface area contributed by atoms with Crippen LogP contribution in [0.2, 0.25) is 0 Å². The third-order valence-corrected chi connectivity index (χ3v) is 4.53. The van der Waals surface area contributed by atoms with Crippen LogP contribution in [0.15, 0.2) is 12.1 Å². The molecule has 3 rings (SSSR count). The highest BCUT2D eigenvalue weighted by atomic mass is 16.5. The number of nitrogen functional groups attached to an aromatic ring is 1. The van der Waals surface area contributed by atoms with Crippen LogP contribution in [0.5, 0.6) is 5.75 Å². The van der Waals surface area contributed by atoms with Crippen molar-refractivity contribution in [3.8, 4) is 17.5 Å². The Morgan fingerprint density at radius 3 is 2.65 bits per heavy atom. The maximum atomic E-state index is 11.8. The van der Waals surface area contributed by atoms with Crippen LogP contribution in [0.25, 0.3) is 16.7 Å². The maximum Gasteiger partial charge on any atom is 0.354 e. The fourth-order valence-electron chi connectivity index (χ4n) is 3.36. The van der Waals surface area contributed by atoms with Gasteiger partial charge in [-0.3, -0.25) is 9.25 Å². The smallest absolute Gasteiger partial charge is 0.354 e. The first-order valence-electron chi connectivity index (χ1n) is 8.05. The van der Waals surface area contributed by atoms with Gasteiger partial charge in [-0.05, 0) is 32.4 Å². The summed E-state index contributed by atoms with van der Waals surface area (Å²) in [7, 11) is 1.57. The number of carboxylic acids is 1. The second-order valence-corrected chi connectivity index (χ2v) is 5.93. The van der Waals surface area contributed by atoms with E-state index in [-0.39, 0.29) is 22.5 Å². The Morgan fingerprint density at radius 1 is 1.42 bits per heavy atom. The number of hydrogen-bond acceptors (Lipinski definition) is 5. The van der Waals surface area contributed by atoms with E-state index >= 15 is 0 Å². The highest BCUT2D eigenvalue weighted by Crippen LogP contribution is 2.37. The van der Waals surface area contributed by atoms with Crippen molar-refractivity contribution in [2.24, 2.45) is 0 Å². The van der Waals surface area contributed by atoms with Crippen molar-refractivity contribution in [2.45, 2.75) is 27.3 Å². The molecule has 0 bridgehead atoms. The van der Waals surface area contributed by atoms with Crippen molar-refractivity contribution < 1.29 is 14.6 Å². The van der Waals surface area contributed by atoms with Gasteiger partial charge in [0.05, 0.1) is 18.2 Å². The fourth-order valence-corrected chi connectivity index (χ4v) is 3.36. The first kappa shape index (κ1) is 17.4. The predicted octanol–water partition coefficient (Wildman–Crippen LogP) is 2.62. The molecule has 8 heteroatoms. The van der Waals surface area contributed by atoms with E-state index in [9.17, 15) is 15.2 Å². The number of aryl methyl sites for hydroxylation is 2. The Morgan fingerprint density at radius 2 is 2.12 bits per heavy atom. The quantitative estimate of drug-likeness (QED) is 0.744. The molecule has 0 saturated heterocycles. The lowest BCUT2D eigenvalue weighted by atomic mass is 10.1. The third kappa shape index (κ3) is 2.21. The molecule has 2 aromatic heterocycles. The molecule has 0 unspecified atom stereocenters. The molecule has 3 aromatic rings. The third-order valence-electron chi connectivity index (χ3n) is 4.53. The number of carboxylic acid groups (broad SMARTS) is 1. The SMILES string of the molecule is CCn1nc2c(c(C#N)c(N)n2-c2c(C)ccc(OC)c2C)c1C(=O)O. The Hall–Kier alpha value is -3.47. The van der Waals surface area contributed by atoms with Crippen molar-refractivity contribution in [2.75, 3.05) is 12.8 Å². The van der Waals surface area contributed by atoms with E-state index in [1.165, 1.54) is 4.68 Å². The molecule has 2 heterocycles. The molecule has 0 aliphatic heterocycles. The number of rotatable bonds is 4. The average molecular weight is 353 g/mol. The predicted molar refractivity (Wildman–Crippen MR) is 96.8 cm³/mol. The molecule has 8 nitrogen and oxygen atoms in total. The number of benzene rings is 1. The van der Waals surface area contributed by atoms with Gasteiger partial charge in [0.15, 0.2) is 11.3 Å². The molecule has 3 N–H and O–H groups in total. The summed E-state index contributed by atoms with van der Waals surface area (Å²) < 4.78 is 8.40. The topological polar surface area (TPSA) is 119 Å². The number of aromatic nitrogens is 3. The molecule has 0 aliphatic carbocycles. The standard InChI is InChI=1S/C18H19N5O3/c1-5-22-15(18(24)25)13-11(8-19)16(20)23(17(13)21-22)14-9(2)6-7-12(26-4)10(14)3/h6-7H,5,20H2,1-4H3,(H,24,25). The lowest BCUT2D eigenvalue weighted by molar-refractivity contribution is 0.0685. The van der Waals surface area contributed by atoms with Crippen LogP contribution in [0, 0.1) is 25.2 Å². The molecule has 0 spiro atoms. The fraction of sp³-hybridized carbons (Fsp3) is 0.278. The average Bonchev–Trinajstić information content (AvgIpc) is 3.09. The molecule has 0 amide bonds. The van der Waals surface area contributed by atoms with Gasteiger partial charge in [-0.25, -0.2) is 4.79 Å². The van der Waals surface area contributed by atoms with Gasteiger partial charge in [0.2, 0.25) is 0 Å². The Balaban J connectivity index is 2.53. The highest BCUT2D eigenvalue weighted by molar-refractivity contribution is 6.06. The molecule has 26 heavy (non-hydrogen) atoms. The van der Waals surface area contributed by atoms with E-state index in [0.29, 0.717) is 17.9 Å². The number of carbonyl (C=O) groups is 1. The minimum absolute atomic E-state index is 0.0392. The Bertz CT molecular complexity index is 1090. The first-order chi connectivity index (χ1) is 12.4. The van der Waals surface area contributed by atoms with Crippen LogP contribution < -0.4 is 10.5 Å². The summed E-state index contributed by atoms with van der Waals surface area (Å²) in [6.45, 7) is 5.94. The molecule has 1 aromatic carbocycles. The van der Waals surface area contributed by atoms with Gasteiger partial charge < -0.3 is 15.6 Å². The molecule has 134 valence electrons. The molecular formula is C18H19N5O3. The summed E-state index contributed by atoms with van der Waals surface area (Å²) in [6.07, 6.45) is 0. The van der Waals surface area contributed by atoms with Gasteiger partial charge in [-0.1, -0.05) is 6.07 Å². The van der Waals surface area contributed by atoms with E-state index in [0.717, 1.165) is 16.8 Å². The number of aromatic carboxylic acids is 1. The molecule has 0 aliphatic rings. The number of fused-ring (bicyclic) bond motifs is 1. The number of ether oxygens (including phenoxy) is 1. The van der Waals surface area contributed by atoms with Crippen molar-refractivity contribution in [1.82, 2.24) is 14.3 Å². The highest BCUT2D eigenvalue weighted by Gasteiger charge is 2.28. The largest absolute Gasteiger partial charge is 0.496 e. The second-order valence-electron chi connectivity index (χ2n) is 5.93. The van der Waals surface area contributed by atoms with E-state index < -0.39 is 5.97 Å². The number of hydrogen-bond donors (Lipinski definition) is 2. The normalized spacial score (nSPS) is 10.9. The van der Waals surface area contributed by atoms with E-state index in [2.05, 4.69) is 5.10 Å². The van der Waals surface area contributed by atoms with E-state index in [4.69, 9.17) is 10.5 Å². The zero-order valence-electron chi connectivity index (χ0n) is 15.0. The van der Waals surface area contributed by atoms with Crippen LogP contribution in [0.4, 0.5) is 5.82 Å². The number of nitrogens with zero attached hydrogens (tertiary/aromatic N) is 4. The van der Waals surface area contributed by atoms with Crippen molar-refractivity contribution in [1.29, 1.82) is 5.26 Å². The van der Waals surface area contributed by atoms with Gasteiger partial charge in [0.1, 0.15) is 23.2 Å². The zero-order chi connectivity index (χ0) is 19.2. The second kappa shape index (κ2) is 6.11. The van der Waals surface area contributed by atoms with Crippen LogP contribution in [-0.2, 0) is 6.54 Å². The van der Waals surface area contributed by atoms with Crippen molar-refractivity contribution >= 4 is 22.8 Å². The summed E-state index contributed by atoms with van der Waals surface area (Å²) in [5, 5.41) is 23.9. The van der Waals surface area contributed by atoms with Gasteiger partial charge in [-0.15, -0.1) is 0 Å². The molecule has 0 fully saturated rings. The monoisotopic (exact) mass is 353 g/mol. The van der Waals surface area contributed by atoms with Crippen LogP contribution in [-0.4, -0.2) is 32.5 Å². The summed E-state index contributed by atoms with van der Waals surface area (Å²) in [5.41, 5.74) is 9.12. The Kier molecular flexibility index (Phi) is 4.08. The summed E-state index contributed by atoms with van der Waals surface area (Å²) in [4.78, 5) is 11.8. The van der Waals surface area contributed by atoms with E-state index in [1.807, 2.05) is 32.0 Å². The van der Waals surface area contributed by atoms with Crippen molar-refractivity contribution in [3.05, 3.63) is 34.5 Å². The summed E-state index contributed by atoms with van der Waals surface area (Å²) in [6, 6.07) is 5.77. The lowest BCUT2D eigenvalue weighted by Crippen LogP contribution is -2.11. The molecular weight excluding hydrogens is 334 g/mol. The van der Waals surface area contributed by atoms with Gasteiger partial charge in [0.25, 0.3) is 0 Å². The zero-order valence-corrected chi connectivity index (χ0v) is 15.0. The Labute approximate surface area is 150 Å². The maximum absolute atomic E-state index is 11.8. The van der Waals surface area contributed by atoms with Gasteiger partial charge in [0, 0.05) is 12.1 Å². The number of methoxy groups -OCH3 is 1. The molecule has 0 atom stereocenters. The molecule has 0 radical (unpaired) electrons. The summed E-state index contributed by atoms with van der Waals surface area (Å²) >= 11 is 0. The number of nitriles is 1. The van der Waals surface area contributed by atoms with Crippen LogP contribution in [0.3, 0.4) is 0 Å². The van der Waals surface area contributed by atoms with Crippen LogP contribution >= 0.6 is 0 Å². The lowest BCUT2D eigenvalue weighted by Gasteiger charge is -2.16. The molecule has 0 saturated carbocycles. The van der Waals surface area contributed by atoms with Gasteiger partial charge in [-0.2, -0.15) is 10.4 Å². The number of anilines is 1. The first-order valence-corrected chi connectivity index (χ1v) is 8.05. The minimum Gasteiger partial charge on any atom is -0.496 e. The minimum atomic E-state index is -1.15. The van der Waals surface area contributed by atoms with Crippen molar-refractivity contribution in [3.63, 3.8) is 0 Å². The summed E-state index contributed by atoms with van der Waals surface area (Å²) in [5.74, 6) is -0.323. The number of nitrogens with two attached hydrogens (primary N) is 1. The van der Waals surface area contributed by atoms with E-state index in [1.54, 1.807) is 18.6 Å². The van der Waals surface area contributed by atoms with Gasteiger partial charge >= 0.3 is 5.97 Å². The van der Waals surface area contributed by atoms with Crippen LogP contribution in [0.1, 0.15) is 34.1 Å².